The zero-order valence-electron chi connectivity index (χ0n) is 15.8. The van der Waals surface area contributed by atoms with E-state index in [0.29, 0.717) is 10.6 Å². The van der Waals surface area contributed by atoms with Gasteiger partial charge in [0.05, 0.1) is 13.2 Å². The Kier molecular flexibility index (Phi) is 6.37. The molecule has 146 valence electrons. The van der Waals surface area contributed by atoms with Crippen LogP contribution >= 0.6 is 11.6 Å². The van der Waals surface area contributed by atoms with E-state index in [0.717, 1.165) is 16.5 Å². The van der Waals surface area contributed by atoms with Crippen LogP contribution in [0.3, 0.4) is 0 Å². The molecule has 0 saturated carbocycles. The molecule has 3 aromatic rings. The SMILES string of the molecule is CCOC(=O)C(C(=O)OCC)[C@H](c1ccccc1Cl)c1c[nH]c2ccccc12. The summed E-state index contributed by atoms with van der Waals surface area (Å²) < 4.78 is 10.5. The van der Waals surface area contributed by atoms with E-state index in [-0.39, 0.29) is 13.2 Å². The second-order valence-electron chi connectivity index (χ2n) is 6.27. The van der Waals surface area contributed by atoms with E-state index in [4.69, 9.17) is 21.1 Å². The molecule has 6 heteroatoms. The van der Waals surface area contributed by atoms with Crippen molar-refractivity contribution < 1.29 is 19.1 Å². The molecule has 0 bridgehead atoms. The standard InChI is InChI=1S/C22H22ClNO4/c1-3-27-21(25)20(22(26)28-4-2)19(15-10-5-7-11-17(15)23)16-13-24-18-12-8-6-9-14(16)18/h5-13,19-20,24H,3-4H2,1-2H3/t19-/m1/s1. The van der Waals surface area contributed by atoms with Gasteiger partial charge in [-0.25, -0.2) is 0 Å². The molecular formula is C22H22ClNO4. The molecule has 5 nitrogen and oxygen atoms in total. The summed E-state index contributed by atoms with van der Waals surface area (Å²) in [5.41, 5.74) is 2.36. The highest BCUT2D eigenvalue weighted by Gasteiger charge is 2.41. The van der Waals surface area contributed by atoms with Gasteiger partial charge in [-0.15, -0.1) is 0 Å². The average Bonchev–Trinajstić information content (AvgIpc) is 3.11. The summed E-state index contributed by atoms with van der Waals surface area (Å²) in [5.74, 6) is -3.07. The van der Waals surface area contributed by atoms with Crippen molar-refractivity contribution >= 4 is 34.4 Å². The van der Waals surface area contributed by atoms with Gasteiger partial charge in [0.15, 0.2) is 5.92 Å². The summed E-state index contributed by atoms with van der Waals surface area (Å²) in [6, 6.07) is 14.9. The maximum Gasteiger partial charge on any atom is 0.321 e. The fraction of sp³-hybridized carbons (Fsp3) is 0.273. The number of fused-ring (bicyclic) bond motifs is 1. The topological polar surface area (TPSA) is 68.4 Å². The van der Waals surface area contributed by atoms with Crippen LogP contribution in [0.15, 0.2) is 54.7 Å². The predicted molar refractivity (Wildman–Crippen MR) is 108 cm³/mol. The van der Waals surface area contributed by atoms with Crippen molar-refractivity contribution in [1.29, 1.82) is 0 Å². The van der Waals surface area contributed by atoms with E-state index in [1.807, 2.05) is 48.7 Å². The summed E-state index contributed by atoms with van der Waals surface area (Å²) in [4.78, 5) is 28.9. The largest absolute Gasteiger partial charge is 0.465 e. The van der Waals surface area contributed by atoms with Crippen molar-refractivity contribution in [1.82, 2.24) is 4.98 Å². The third-order valence-electron chi connectivity index (χ3n) is 4.61. The Balaban J connectivity index is 2.23. The minimum Gasteiger partial charge on any atom is -0.465 e. The molecule has 0 aliphatic rings. The van der Waals surface area contributed by atoms with Crippen molar-refractivity contribution in [2.45, 2.75) is 19.8 Å². The number of aromatic amines is 1. The molecule has 2 aromatic carbocycles. The number of carbonyl (C=O) groups is 2. The maximum absolute atomic E-state index is 12.8. The molecule has 0 spiro atoms. The Bertz CT molecular complexity index is 963. The number of hydrogen-bond acceptors (Lipinski definition) is 4. The summed E-state index contributed by atoms with van der Waals surface area (Å²) >= 11 is 6.48. The van der Waals surface area contributed by atoms with Crippen LogP contribution in [0, 0.1) is 5.92 Å². The van der Waals surface area contributed by atoms with Crippen LogP contribution in [0.5, 0.6) is 0 Å². The van der Waals surface area contributed by atoms with Crippen LogP contribution in [-0.4, -0.2) is 30.1 Å². The van der Waals surface area contributed by atoms with Crippen molar-refractivity contribution in [3.63, 3.8) is 0 Å². The van der Waals surface area contributed by atoms with Crippen molar-refractivity contribution in [3.8, 4) is 0 Å². The minimum absolute atomic E-state index is 0.165. The second-order valence-corrected chi connectivity index (χ2v) is 6.68. The lowest BCUT2D eigenvalue weighted by molar-refractivity contribution is -0.162. The first-order valence-corrected chi connectivity index (χ1v) is 9.60. The number of nitrogens with one attached hydrogen (secondary N) is 1. The van der Waals surface area contributed by atoms with E-state index >= 15 is 0 Å². The molecule has 1 N–H and O–H groups in total. The van der Waals surface area contributed by atoms with Crippen LogP contribution in [0.25, 0.3) is 10.9 Å². The zero-order valence-corrected chi connectivity index (χ0v) is 16.5. The number of hydrogen-bond donors (Lipinski definition) is 1. The lowest BCUT2D eigenvalue weighted by Crippen LogP contribution is -2.34. The first-order chi connectivity index (χ1) is 13.6. The van der Waals surface area contributed by atoms with Gasteiger partial charge in [0.2, 0.25) is 0 Å². The van der Waals surface area contributed by atoms with Crippen LogP contribution in [0.1, 0.15) is 30.9 Å². The van der Waals surface area contributed by atoms with Gasteiger partial charge in [0, 0.05) is 28.0 Å². The molecule has 3 rings (SSSR count). The highest BCUT2D eigenvalue weighted by molar-refractivity contribution is 6.31. The van der Waals surface area contributed by atoms with E-state index in [1.165, 1.54) is 0 Å². The smallest absolute Gasteiger partial charge is 0.321 e. The minimum atomic E-state index is -1.17. The van der Waals surface area contributed by atoms with Crippen molar-refractivity contribution in [2.75, 3.05) is 13.2 Å². The Morgan fingerprint density at radius 1 is 0.929 bits per heavy atom. The molecule has 0 unspecified atom stereocenters. The maximum atomic E-state index is 12.8. The number of rotatable bonds is 7. The molecule has 1 heterocycles. The van der Waals surface area contributed by atoms with Crippen LogP contribution in [-0.2, 0) is 19.1 Å². The first kappa shape index (κ1) is 20.0. The quantitative estimate of drug-likeness (QED) is 0.462. The number of carbonyl (C=O) groups excluding carboxylic acids is 2. The van der Waals surface area contributed by atoms with E-state index in [1.54, 1.807) is 19.9 Å². The Labute approximate surface area is 168 Å². The van der Waals surface area contributed by atoms with Gasteiger partial charge in [-0.1, -0.05) is 48.0 Å². The van der Waals surface area contributed by atoms with Crippen LogP contribution in [0.4, 0.5) is 0 Å². The van der Waals surface area contributed by atoms with E-state index in [2.05, 4.69) is 4.98 Å². The molecule has 0 aliphatic carbocycles. The predicted octanol–water partition coefficient (Wildman–Crippen LogP) is 4.70. The van der Waals surface area contributed by atoms with Gasteiger partial charge in [0.25, 0.3) is 0 Å². The number of esters is 2. The van der Waals surface area contributed by atoms with E-state index < -0.39 is 23.8 Å². The zero-order chi connectivity index (χ0) is 20.1. The van der Waals surface area contributed by atoms with Gasteiger partial charge in [-0.05, 0) is 37.1 Å². The number of halogens is 1. The third-order valence-corrected chi connectivity index (χ3v) is 4.96. The first-order valence-electron chi connectivity index (χ1n) is 9.22. The summed E-state index contributed by atoms with van der Waals surface area (Å²) in [7, 11) is 0. The van der Waals surface area contributed by atoms with Crippen molar-refractivity contribution in [2.24, 2.45) is 5.92 Å². The van der Waals surface area contributed by atoms with Gasteiger partial charge < -0.3 is 14.5 Å². The fourth-order valence-corrected chi connectivity index (χ4v) is 3.69. The molecule has 1 aromatic heterocycles. The Morgan fingerprint density at radius 3 is 2.18 bits per heavy atom. The molecule has 28 heavy (non-hydrogen) atoms. The Morgan fingerprint density at radius 2 is 1.54 bits per heavy atom. The molecule has 0 fully saturated rings. The summed E-state index contributed by atoms with van der Waals surface area (Å²) in [6.45, 7) is 3.74. The van der Waals surface area contributed by atoms with Crippen molar-refractivity contribution in [3.05, 3.63) is 70.9 Å². The number of ether oxygens (including phenoxy) is 2. The molecular weight excluding hydrogens is 378 g/mol. The highest BCUT2D eigenvalue weighted by Crippen LogP contribution is 2.40. The fourth-order valence-electron chi connectivity index (χ4n) is 3.44. The number of H-pyrrole nitrogens is 1. The number of aromatic nitrogens is 1. The molecule has 0 saturated heterocycles. The number of para-hydroxylation sites is 1. The average molecular weight is 400 g/mol. The van der Waals surface area contributed by atoms with Gasteiger partial charge >= 0.3 is 11.9 Å². The molecule has 0 amide bonds. The van der Waals surface area contributed by atoms with Crippen LogP contribution in [0.2, 0.25) is 5.02 Å². The molecule has 1 atom stereocenters. The monoisotopic (exact) mass is 399 g/mol. The second kappa shape index (κ2) is 8.93. The normalized spacial score (nSPS) is 12.1. The Hall–Kier alpha value is -2.79. The van der Waals surface area contributed by atoms with Gasteiger partial charge in [-0.2, -0.15) is 0 Å². The number of benzene rings is 2. The highest BCUT2D eigenvalue weighted by atomic mass is 35.5. The summed E-state index contributed by atoms with van der Waals surface area (Å²) in [6.07, 6.45) is 1.81. The van der Waals surface area contributed by atoms with Gasteiger partial charge in [0.1, 0.15) is 0 Å². The van der Waals surface area contributed by atoms with Gasteiger partial charge in [-0.3, -0.25) is 9.59 Å². The van der Waals surface area contributed by atoms with Crippen LogP contribution < -0.4 is 0 Å². The molecule has 0 aliphatic heterocycles. The summed E-state index contributed by atoms with van der Waals surface area (Å²) in [5, 5.41) is 1.38. The lowest BCUT2D eigenvalue weighted by Gasteiger charge is -2.25. The third kappa shape index (κ3) is 3.90. The lowest BCUT2D eigenvalue weighted by atomic mass is 9.80. The molecule has 0 radical (unpaired) electrons. The van der Waals surface area contributed by atoms with E-state index in [9.17, 15) is 9.59 Å².